The number of carbonyl (C=O) groups excluding carboxylic acids is 4. The van der Waals surface area contributed by atoms with Crippen molar-refractivity contribution in [2.45, 2.75) is 63.6 Å². The van der Waals surface area contributed by atoms with Crippen LogP contribution in [0.2, 0.25) is 0 Å². The van der Waals surface area contributed by atoms with Gasteiger partial charge in [-0.15, -0.1) is 0 Å². The Balaban J connectivity index is 1.90. The Kier molecular flexibility index (Phi) is 10.2. The summed E-state index contributed by atoms with van der Waals surface area (Å²) in [6.45, 7) is 5.59. The number of likely N-dealkylation sites (tertiary alicyclic amines) is 1. The molecular formula is C29H38N6O5. The van der Waals surface area contributed by atoms with Gasteiger partial charge in [0.15, 0.2) is 5.96 Å². The lowest BCUT2D eigenvalue weighted by Gasteiger charge is -2.34. The number of nitrogens with zero attached hydrogens (tertiary/aromatic N) is 2. The van der Waals surface area contributed by atoms with Crippen LogP contribution in [0.5, 0.6) is 0 Å². The molecule has 1 saturated heterocycles. The zero-order chi connectivity index (χ0) is 29.3. The monoisotopic (exact) mass is 550 g/mol. The summed E-state index contributed by atoms with van der Waals surface area (Å²) < 4.78 is 5.52. The molecule has 2 atom stereocenters. The summed E-state index contributed by atoms with van der Waals surface area (Å²) in [7, 11) is 0. The zero-order valence-electron chi connectivity index (χ0n) is 23.1. The van der Waals surface area contributed by atoms with Crippen LogP contribution in [0.3, 0.4) is 0 Å². The number of aliphatic imine (C=N–C) groups is 1. The average molecular weight is 551 g/mol. The van der Waals surface area contributed by atoms with Gasteiger partial charge in [0.2, 0.25) is 11.8 Å². The Bertz CT molecular complexity index is 1170. The SMILES string of the molecule is CC(C)(C)OC(=O)N[C@@H](C(=O)N1CCC[C@H]1C(=O)NCCC(=O)N=C(N)N)C(c1ccccc1)c1ccccc1. The molecule has 0 aromatic heterocycles. The maximum absolute atomic E-state index is 14.2. The number of hydrogen-bond donors (Lipinski definition) is 4. The second kappa shape index (κ2) is 13.6. The van der Waals surface area contributed by atoms with Crippen molar-refractivity contribution in [3.05, 3.63) is 71.8 Å². The Hall–Kier alpha value is -4.41. The minimum Gasteiger partial charge on any atom is -0.444 e. The molecule has 2 aromatic rings. The van der Waals surface area contributed by atoms with Gasteiger partial charge >= 0.3 is 6.09 Å². The van der Waals surface area contributed by atoms with E-state index in [0.29, 0.717) is 19.4 Å². The smallest absolute Gasteiger partial charge is 0.408 e. The van der Waals surface area contributed by atoms with E-state index in [1.54, 1.807) is 20.8 Å². The van der Waals surface area contributed by atoms with E-state index in [4.69, 9.17) is 16.2 Å². The van der Waals surface area contributed by atoms with Crippen LogP contribution in [-0.2, 0) is 19.1 Å². The number of carbonyl (C=O) groups is 4. The minimum absolute atomic E-state index is 0.0171. The second-order valence-corrected chi connectivity index (χ2v) is 10.6. The first kappa shape index (κ1) is 30.1. The molecule has 11 nitrogen and oxygen atoms in total. The number of nitrogens with one attached hydrogen (secondary N) is 2. The molecule has 0 radical (unpaired) electrons. The number of rotatable bonds is 9. The van der Waals surface area contributed by atoms with Gasteiger partial charge in [0, 0.05) is 25.4 Å². The van der Waals surface area contributed by atoms with Gasteiger partial charge in [-0.3, -0.25) is 14.4 Å². The van der Waals surface area contributed by atoms with Crippen LogP contribution >= 0.6 is 0 Å². The number of amides is 4. The topological polar surface area (TPSA) is 169 Å². The summed E-state index contributed by atoms with van der Waals surface area (Å²) in [6.07, 6.45) is 0.232. The van der Waals surface area contributed by atoms with E-state index in [1.807, 2.05) is 60.7 Å². The molecular weight excluding hydrogens is 512 g/mol. The standard InChI is InChI=1S/C29H38N6O5/c1-29(2,3)40-28(39)34-24(23(19-11-6-4-7-12-19)20-13-8-5-9-14-20)26(38)35-18-10-15-21(35)25(37)32-17-16-22(36)33-27(30)31/h4-9,11-14,21,23-24H,10,15-18H2,1-3H3,(H,32,37)(H,34,39)(H4,30,31,33,36)/t21-,24+/m0/s1. The predicted octanol–water partition coefficient (Wildman–Crippen LogP) is 2.01. The van der Waals surface area contributed by atoms with Gasteiger partial charge in [0.1, 0.15) is 17.7 Å². The molecule has 0 saturated carbocycles. The molecule has 2 aromatic carbocycles. The van der Waals surface area contributed by atoms with E-state index in [9.17, 15) is 19.2 Å². The van der Waals surface area contributed by atoms with Gasteiger partial charge in [-0.05, 0) is 44.7 Å². The van der Waals surface area contributed by atoms with Crippen molar-refractivity contribution in [1.82, 2.24) is 15.5 Å². The highest BCUT2D eigenvalue weighted by molar-refractivity contribution is 5.94. The van der Waals surface area contributed by atoms with Crippen LogP contribution < -0.4 is 22.1 Å². The van der Waals surface area contributed by atoms with Crippen LogP contribution in [0.4, 0.5) is 4.79 Å². The summed E-state index contributed by atoms with van der Waals surface area (Å²) in [5.41, 5.74) is 11.3. The first-order valence-electron chi connectivity index (χ1n) is 13.3. The van der Waals surface area contributed by atoms with Gasteiger partial charge in [-0.1, -0.05) is 60.7 Å². The van der Waals surface area contributed by atoms with Crippen LogP contribution in [0, 0.1) is 0 Å². The quantitative estimate of drug-likeness (QED) is 0.273. The van der Waals surface area contributed by atoms with Crippen LogP contribution in [0.25, 0.3) is 0 Å². The van der Waals surface area contributed by atoms with Crippen LogP contribution in [0.1, 0.15) is 57.1 Å². The summed E-state index contributed by atoms with van der Waals surface area (Å²) >= 11 is 0. The third-order valence-corrected chi connectivity index (χ3v) is 6.32. The molecule has 11 heteroatoms. The zero-order valence-corrected chi connectivity index (χ0v) is 23.1. The second-order valence-electron chi connectivity index (χ2n) is 10.6. The lowest BCUT2D eigenvalue weighted by atomic mass is 9.84. The lowest BCUT2D eigenvalue weighted by Crippen LogP contribution is -2.56. The summed E-state index contributed by atoms with van der Waals surface area (Å²) in [4.78, 5) is 57.0. The fourth-order valence-electron chi connectivity index (χ4n) is 4.71. The highest BCUT2D eigenvalue weighted by atomic mass is 16.6. The normalized spacial score (nSPS) is 15.7. The van der Waals surface area contributed by atoms with Crippen molar-refractivity contribution in [2.75, 3.05) is 13.1 Å². The number of alkyl carbamates (subject to hydrolysis) is 1. The summed E-state index contributed by atoms with van der Waals surface area (Å²) in [5.74, 6) is -2.26. The number of benzene rings is 2. The third-order valence-electron chi connectivity index (χ3n) is 6.32. The maximum atomic E-state index is 14.2. The lowest BCUT2D eigenvalue weighted by molar-refractivity contribution is -0.140. The predicted molar refractivity (Wildman–Crippen MR) is 151 cm³/mol. The Morgan fingerprint density at radius 1 is 1.00 bits per heavy atom. The molecule has 1 aliphatic rings. The molecule has 1 heterocycles. The van der Waals surface area contributed by atoms with E-state index in [2.05, 4.69) is 15.6 Å². The van der Waals surface area contributed by atoms with E-state index in [0.717, 1.165) is 11.1 Å². The highest BCUT2D eigenvalue weighted by Gasteiger charge is 2.42. The van der Waals surface area contributed by atoms with Crippen molar-refractivity contribution in [3.8, 4) is 0 Å². The van der Waals surface area contributed by atoms with E-state index < -0.39 is 47.4 Å². The number of hydrogen-bond acceptors (Lipinski definition) is 5. The van der Waals surface area contributed by atoms with Gasteiger partial charge in [-0.25, -0.2) is 4.79 Å². The molecule has 4 amide bonds. The van der Waals surface area contributed by atoms with E-state index in [-0.39, 0.29) is 18.9 Å². The largest absolute Gasteiger partial charge is 0.444 e. The first-order valence-corrected chi connectivity index (χ1v) is 13.3. The van der Waals surface area contributed by atoms with E-state index >= 15 is 0 Å². The van der Waals surface area contributed by atoms with Crippen molar-refractivity contribution in [1.29, 1.82) is 0 Å². The van der Waals surface area contributed by atoms with Gasteiger partial charge < -0.3 is 31.7 Å². The molecule has 1 fully saturated rings. The molecule has 3 rings (SSSR count). The molecule has 214 valence electrons. The molecule has 6 N–H and O–H groups in total. The van der Waals surface area contributed by atoms with Gasteiger partial charge in [-0.2, -0.15) is 4.99 Å². The Labute approximate surface area is 234 Å². The number of nitrogens with two attached hydrogens (primary N) is 2. The average Bonchev–Trinajstić information content (AvgIpc) is 3.38. The minimum atomic E-state index is -1.06. The highest BCUT2D eigenvalue weighted by Crippen LogP contribution is 2.31. The molecule has 0 unspecified atom stereocenters. The van der Waals surface area contributed by atoms with Gasteiger partial charge in [0.05, 0.1) is 0 Å². The number of ether oxygens (including phenoxy) is 1. The van der Waals surface area contributed by atoms with Gasteiger partial charge in [0.25, 0.3) is 5.91 Å². The van der Waals surface area contributed by atoms with E-state index in [1.165, 1.54) is 4.90 Å². The molecule has 0 bridgehead atoms. The van der Waals surface area contributed by atoms with Crippen molar-refractivity contribution >= 4 is 29.8 Å². The summed E-state index contributed by atoms with van der Waals surface area (Å²) in [5, 5.41) is 5.52. The fraction of sp³-hybridized carbons (Fsp3) is 0.414. The van der Waals surface area contributed by atoms with Crippen LogP contribution in [-0.4, -0.2) is 65.4 Å². The molecule has 1 aliphatic heterocycles. The Morgan fingerprint density at radius 2 is 1.57 bits per heavy atom. The fourth-order valence-corrected chi connectivity index (χ4v) is 4.71. The maximum Gasteiger partial charge on any atom is 0.408 e. The Morgan fingerprint density at radius 3 is 2.10 bits per heavy atom. The van der Waals surface area contributed by atoms with Crippen molar-refractivity contribution in [3.63, 3.8) is 0 Å². The van der Waals surface area contributed by atoms with Crippen molar-refractivity contribution in [2.24, 2.45) is 16.5 Å². The number of guanidine groups is 1. The van der Waals surface area contributed by atoms with Crippen molar-refractivity contribution < 1.29 is 23.9 Å². The third kappa shape index (κ3) is 8.55. The molecule has 0 aliphatic carbocycles. The molecule has 40 heavy (non-hydrogen) atoms. The van der Waals surface area contributed by atoms with Crippen LogP contribution in [0.15, 0.2) is 65.7 Å². The summed E-state index contributed by atoms with van der Waals surface area (Å²) in [6, 6.07) is 17.0. The molecule has 0 spiro atoms. The first-order chi connectivity index (χ1) is 19.0.